The number of ether oxygens (including phenoxy) is 1. The summed E-state index contributed by atoms with van der Waals surface area (Å²) in [6, 6.07) is 0.487. The summed E-state index contributed by atoms with van der Waals surface area (Å²) in [5.41, 5.74) is 5.15. The van der Waals surface area contributed by atoms with Gasteiger partial charge >= 0.3 is 0 Å². The Morgan fingerprint density at radius 1 is 0.898 bits per heavy atom. The second-order valence-electron chi connectivity index (χ2n) is 17.4. The summed E-state index contributed by atoms with van der Waals surface area (Å²) in [4.78, 5) is 26.0. The summed E-state index contributed by atoms with van der Waals surface area (Å²) >= 11 is 0. The quantitative estimate of drug-likeness (QED) is 0.191. The van der Waals surface area contributed by atoms with E-state index in [-0.39, 0.29) is 35.8 Å². The average Bonchev–Trinajstić information content (AvgIpc) is 3.14. The molecule has 3 saturated carbocycles. The molecule has 4 aliphatic carbocycles. The molecule has 276 valence electrons. The minimum atomic E-state index is -1.02. The van der Waals surface area contributed by atoms with Gasteiger partial charge in [0, 0.05) is 44.1 Å². The van der Waals surface area contributed by atoms with Gasteiger partial charge in [0.25, 0.3) is 0 Å². The molecule has 0 aromatic rings. The largest absolute Gasteiger partial charge is 0.393 e. The minimum absolute atomic E-state index is 0.0426. The first-order chi connectivity index (χ1) is 23.6. The van der Waals surface area contributed by atoms with E-state index in [0.29, 0.717) is 74.0 Å². The lowest BCUT2D eigenvalue weighted by Gasteiger charge is -2.41. The Balaban J connectivity index is 1.09. The van der Waals surface area contributed by atoms with Crippen molar-refractivity contribution in [1.29, 1.82) is 0 Å². The predicted octanol–water partition coefficient (Wildman–Crippen LogP) is 1.80. The molecule has 2 aliphatic heterocycles. The first kappa shape index (κ1) is 37.4. The number of aliphatic hydroxyl groups excluding tert-OH is 3. The van der Waals surface area contributed by atoms with Crippen molar-refractivity contribution >= 4 is 11.6 Å². The van der Waals surface area contributed by atoms with Crippen molar-refractivity contribution in [3.05, 3.63) is 0 Å². The van der Waals surface area contributed by atoms with Crippen LogP contribution in [-0.2, 0) is 14.3 Å². The van der Waals surface area contributed by atoms with Crippen LogP contribution in [0.5, 0.6) is 0 Å². The van der Waals surface area contributed by atoms with Gasteiger partial charge in [-0.2, -0.15) is 0 Å². The molecule has 9 heteroatoms. The molecule has 14 unspecified atom stereocenters. The SMILES string of the molecule is COC1CC2CCC(=O)C3(C#CC(CCC(O)CCC4CC[NH2+]C(N)C4)C2CC1O)CCC(CCC1C[NH2+]C2CC(=O)CCC2C1)CC3O. The number of hydrogen-bond donors (Lipinski definition) is 6. The molecule has 0 radical (unpaired) electrons. The van der Waals surface area contributed by atoms with Crippen LogP contribution in [0.15, 0.2) is 0 Å². The first-order valence-corrected chi connectivity index (χ1v) is 20.2. The van der Waals surface area contributed by atoms with E-state index < -0.39 is 23.7 Å². The Kier molecular flexibility index (Phi) is 12.9. The number of rotatable bonds is 10. The van der Waals surface area contributed by atoms with Gasteiger partial charge in [-0.1, -0.05) is 11.8 Å². The van der Waals surface area contributed by atoms with E-state index in [4.69, 9.17) is 10.5 Å². The first-order valence-electron chi connectivity index (χ1n) is 20.2. The average molecular weight is 686 g/mol. The number of Topliss-reactive ketones (excluding diaryl/α,β-unsaturated/α-hetero) is 2. The number of carbonyl (C=O) groups excluding carboxylic acids is 2. The standard InChI is InChI=1S/C40H65N3O6/c1-49-36-21-29-7-11-37(47)40(15-12-25(19-38(40)48)2-3-27-18-30-6-10-32(45)22-34(30)43-24-27)16-13-28(33(29)23-35(36)46)5-9-31(44)8-4-26-14-17-42-39(41)20-26/h25-31,33-36,38-39,42-44,46,48H,2-12,14-15,17-24,41H2,1H3/p+2. The lowest BCUT2D eigenvalue weighted by molar-refractivity contribution is -0.711. The van der Waals surface area contributed by atoms with Crippen molar-refractivity contribution in [3.8, 4) is 11.8 Å². The second kappa shape index (κ2) is 17.0. The van der Waals surface area contributed by atoms with Gasteiger partial charge in [-0.25, -0.2) is 0 Å². The van der Waals surface area contributed by atoms with Crippen LogP contribution in [0.25, 0.3) is 0 Å². The van der Waals surface area contributed by atoms with Crippen LogP contribution in [0, 0.1) is 58.7 Å². The fourth-order valence-corrected chi connectivity index (χ4v) is 11.1. The Morgan fingerprint density at radius 2 is 1.67 bits per heavy atom. The number of quaternary nitrogens is 2. The van der Waals surface area contributed by atoms with Gasteiger partial charge in [0.1, 0.15) is 17.4 Å². The van der Waals surface area contributed by atoms with Crippen LogP contribution in [0.4, 0.5) is 0 Å². The number of piperidine rings is 2. The van der Waals surface area contributed by atoms with E-state index in [1.165, 1.54) is 6.42 Å². The maximum Gasteiger partial charge on any atom is 0.153 e. The number of aliphatic hydroxyl groups is 3. The molecule has 0 amide bonds. The highest BCUT2D eigenvalue weighted by Gasteiger charge is 2.49. The van der Waals surface area contributed by atoms with Gasteiger partial charge < -0.3 is 30.7 Å². The highest BCUT2D eigenvalue weighted by molar-refractivity contribution is 5.89. The van der Waals surface area contributed by atoms with Gasteiger partial charge in [-0.05, 0) is 120 Å². The van der Waals surface area contributed by atoms with Gasteiger partial charge in [0.2, 0.25) is 0 Å². The lowest BCUT2D eigenvalue weighted by Crippen LogP contribution is -2.95. The maximum atomic E-state index is 14.1. The molecule has 1 spiro atoms. The number of methoxy groups -OCH3 is 1. The maximum absolute atomic E-state index is 14.1. The van der Waals surface area contributed by atoms with Crippen LogP contribution in [-0.4, -0.2) is 83.7 Å². The van der Waals surface area contributed by atoms with Crippen molar-refractivity contribution in [2.75, 3.05) is 20.2 Å². The molecule has 49 heavy (non-hydrogen) atoms. The normalized spacial score (nSPS) is 43.7. The highest BCUT2D eigenvalue weighted by Crippen LogP contribution is 2.47. The van der Waals surface area contributed by atoms with Crippen LogP contribution in [0.3, 0.4) is 0 Å². The fourth-order valence-electron chi connectivity index (χ4n) is 11.1. The van der Waals surface area contributed by atoms with E-state index in [9.17, 15) is 24.9 Å². The summed E-state index contributed by atoms with van der Waals surface area (Å²) in [6.07, 6.45) is 14.1. The fraction of sp³-hybridized carbons (Fsp3) is 0.900. The molecule has 9 N–H and O–H groups in total. The number of hydrogen-bond acceptors (Lipinski definition) is 7. The molecular formula is C40H67N3O6+2. The third kappa shape index (κ3) is 9.17. The Morgan fingerprint density at radius 3 is 2.47 bits per heavy atom. The van der Waals surface area contributed by atoms with Gasteiger partial charge in [-0.15, -0.1) is 0 Å². The van der Waals surface area contributed by atoms with Crippen LogP contribution in [0.2, 0.25) is 0 Å². The molecular weight excluding hydrogens is 618 g/mol. The molecule has 0 bridgehead atoms. The third-order valence-electron chi connectivity index (χ3n) is 14.3. The number of nitrogens with two attached hydrogens (primary N) is 3. The van der Waals surface area contributed by atoms with Crippen LogP contribution < -0.4 is 16.4 Å². The Hall–Kier alpha value is -1.38. The molecule has 5 fully saturated rings. The van der Waals surface area contributed by atoms with Gasteiger partial charge in [-0.3, -0.25) is 15.3 Å². The molecule has 6 rings (SSSR count). The molecule has 6 aliphatic rings. The monoisotopic (exact) mass is 686 g/mol. The lowest BCUT2D eigenvalue weighted by atomic mass is 9.64. The van der Waals surface area contributed by atoms with Crippen molar-refractivity contribution in [1.82, 2.24) is 0 Å². The van der Waals surface area contributed by atoms with Crippen LogP contribution >= 0.6 is 0 Å². The third-order valence-corrected chi connectivity index (χ3v) is 14.3. The molecule has 2 heterocycles. The zero-order valence-corrected chi connectivity index (χ0v) is 30.2. The summed E-state index contributed by atoms with van der Waals surface area (Å²) in [5, 5.41) is 38.5. The van der Waals surface area contributed by atoms with Crippen LogP contribution in [0.1, 0.15) is 122 Å². The minimum Gasteiger partial charge on any atom is -0.393 e. The highest BCUT2D eigenvalue weighted by atomic mass is 16.5. The van der Waals surface area contributed by atoms with E-state index in [1.54, 1.807) is 7.11 Å². The summed E-state index contributed by atoms with van der Waals surface area (Å²) in [5.74, 6) is 10.2. The van der Waals surface area contributed by atoms with Crippen molar-refractivity contribution in [2.24, 2.45) is 52.6 Å². The molecule has 0 aromatic carbocycles. The molecule has 2 saturated heterocycles. The Labute approximate surface area is 294 Å². The van der Waals surface area contributed by atoms with E-state index in [1.807, 2.05) is 0 Å². The van der Waals surface area contributed by atoms with E-state index in [2.05, 4.69) is 22.5 Å². The molecule has 0 aromatic heterocycles. The van der Waals surface area contributed by atoms with Crippen molar-refractivity contribution in [3.63, 3.8) is 0 Å². The summed E-state index contributed by atoms with van der Waals surface area (Å²) in [7, 11) is 1.66. The number of fused-ring (bicyclic) bond motifs is 2. The summed E-state index contributed by atoms with van der Waals surface area (Å²) < 4.78 is 5.67. The topological polar surface area (TPSA) is 163 Å². The number of carbonyl (C=O) groups is 2. The van der Waals surface area contributed by atoms with E-state index >= 15 is 0 Å². The molecule has 9 nitrogen and oxygen atoms in total. The van der Waals surface area contributed by atoms with Crippen molar-refractivity contribution < 1.29 is 40.3 Å². The number of ketones is 2. The second-order valence-corrected chi connectivity index (χ2v) is 17.4. The summed E-state index contributed by atoms with van der Waals surface area (Å²) in [6.45, 7) is 2.16. The molecule has 14 atom stereocenters. The Bertz CT molecular complexity index is 1190. The van der Waals surface area contributed by atoms with Gasteiger partial charge in [0.05, 0.1) is 50.0 Å². The zero-order chi connectivity index (χ0) is 34.5. The van der Waals surface area contributed by atoms with E-state index in [0.717, 1.165) is 90.1 Å². The van der Waals surface area contributed by atoms with Crippen molar-refractivity contribution in [2.45, 2.75) is 159 Å². The smallest absolute Gasteiger partial charge is 0.153 e. The zero-order valence-electron chi connectivity index (χ0n) is 30.2. The predicted molar refractivity (Wildman–Crippen MR) is 187 cm³/mol. The van der Waals surface area contributed by atoms with Gasteiger partial charge in [0.15, 0.2) is 5.78 Å².